The number of hydrogen-bond donors (Lipinski definition) is 2. The van der Waals surface area contributed by atoms with E-state index in [-0.39, 0.29) is 17.9 Å². The summed E-state index contributed by atoms with van der Waals surface area (Å²) in [6.45, 7) is 5.57. The normalized spacial score (nSPS) is 23.9. The minimum absolute atomic E-state index is 0.0273. The van der Waals surface area contributed by atoms with Crippen LogP contribution in [0.4, 0.5) is 0 Å². The highest BCUT2D eigenvalue weighted by molar-refractivity contribution is 5.78. The van der Waals surface area contributed by atoms with Gasteiger partial charge in [-0.25, -0.2) is 0 Å². The van der Waals surface area contributed by atoms with E-state index in [1.807, 2.05) is 37.3 Å². The summed E-state index contributed by atoms with van der Waals surface area (Å²) in [5.41, 5.74) is 0. The molecule has 3 atom stereocenters. The first-order chi connectivity index (χ1) is 9.65. The minimum Gasteiger partial charge on any atom is -0.489 e. The molecule has 1 fully saturated rings. The minimum atomic E-state index is -0.0273. The molecule has 1 aromatic carbocycles. The number of amides is 1. The maximum atomic E-state index is 12.1. The van der Waals surface area contributed by atoms with Crippen molar-refractivity contribution in [2.45, 2.75) is 38.8 Å². The molecule has 1 aliphatic heterocycles. The summed E-state index contributed by atoms with van der Waals surface area (Å²) in [4.78, 5) is 12.1. The number of rotatable bonds is 5. The van der Waals surface area contributed by atoms with Gasteiger partial charge in [-0.05, 0) is 45.4 Å². The predicted molar refractivity (Wildman–Crippen MR) is 79.7 cm³/mol. The Morgan fingerprint density at radius 3 is 2.90 bits per heavy atom. The second kappa shape index (κ2) is 7.29. The summed E-state index contributed by atoms with van der Waals surface area (Å²) >= 11 is 0. The van der Waals surface area contributed by atoms with Gasteiger partial charge >= 0.3 is 0 Å². The van der Waals surface area contributed by atoms with Crippen LogP contribution >= 0.6 is 0 Å². The van der Waals surface area contributed by atoms with Crippen LogP contribution in [0.2, 0.25) is 0 Å². The van der Waals surface area contributed by atoms with E-state index in [9.17, 15) is 4.79 Å². The monoisotopic (exact) mass is 276 g/mol. The van der Waals surface area contributed by atoms with Crippen molar-refractivity contribution < 1.29 is 9.53 Å². The molecule has 1 saturated heterocycles. The van der Waals surface area contributed by atoms with Crippen molar-refractivity contribution in [1.29, 1.82) is 0 Å². The molecule has 4 nitrogen and oxygen atoms in total. The number of carbonyl (C=O) groups is 1. The Bertz CT molecular complexity index is 422. The van der Waals surface area contributed by atoms with E-state index in [0.29, 0.717) is 12.6 Å². The summed E-state index contributed by atoms with van der Waals surface area (Å²) < 4.78 is 5.75. The van der Waals surface area contributed by atoms with Crippen LogP contribution in [-0.4, -0.2) is 31.1 Å². The Morgan fingerprint density at radius 1 is 1.45 bits per heavy atom. The second-order valence-corrected chi connectivity index (χ2v) is 5.56. The lowest BCUT2D eigenvalue weighted by Gasteiger charge is -2.27. The van der Waals surface area contributed by atoms with Gasteiger partial charge in [0.25, 0.3) is 0 Å². The highest BCUT2D eigenvalue weighted by Crippen LogP contribution is 2.16. The fourth-order valence-electron chi connectivity index (χ4n) is 2.53. The first-order valence-corrected chi connectivity index (χ1v) is 7.38. The Kier molecular flexibility index (Phi) is 5.41. The maximum absolute atomic E-state index is 12.1. The van der Waals surface area contributed by atoms with Gasteiger partial charge in [0.15, 0.2) is 0 Å². The number of hydrogen-bond acceptors (Lipinski definition) is 3. The third kappa shape index (κ3) is 4.53. The van der Waals surface area contributed by atoms with Crippen LogP contribution in [0.3, 0.4) is 0 Å². The molecule has 1 aliphatic rings. The summed E-state index contributed by atoms with van der Waals surface area (Å²) in [6, 6.07) is 10.1. The van der Waals surface area contributed by atoms with Gasteiger partial charge in [0.1, 0.15) is 11.9 Å². The number of ether oxygens (including phenoxy) is 1. The van der Waals surface area contributed by atoms with Crippen molar-refractivity contribution in [1.82, 2.24) is 10.6 Å². The van der Waals surface area contributed by atoms with Crippen LogP contribution in [0.15, 0.2) is 30.3 Å². The molecule has 0 saturated carbocycles. The average Bonchev–Trinajstić information content (AvgIpc) is 2.46. The molecule has 1 unspecified atom stereocenters. The fraction of sp³-hybridized carbons (Fsp3) is 0.562. The molecule has 2 N–H and O–H groups in total. The molecule has 0 spiro atoms. The van der Waals surface area contributed by atoms with E-state index >= 15 is 0 Å². The van der Waals surface area contributed by atoms with Crippen LogP contribution in [0, 0.1) is 5.92 Å². The van der Waals surface area contributed by atoms with Gasteiger partial charge in [-0.1, -0.05) is 18.2 Å². The molecule has 0 aliphatic carbocycles. The number of nitrogens with one attached hydrogen (secondary N) is 2. The van der Waals surface area contributed by atoms with E-state index in [1.54, 1.807) is 0 Å². The van der Waals surface area contributed by atoms with Crippen molar-refractivity contribution in [3.05, 3.63) is 30.3 Å². The van der Waals surface area contributed by atoms with E-state index in [0.717, 1.165) is 25.1 Å². The van der Waals surface area contributed by atoms with Gasteiger partial charge in [-0.15, -0.1) is 0 Å². The smallest absolute Gasteiger partial charge is 0.223 e. The molecular weight excluding hydrogens is 252 g/mol. The number of piperidine rings is 1. The molecule has 0 radical (unpaired) electrons. The molecule has 20 heavy (non-hydrogen) atoms. The van der Waals surface area contributed by atoms with Crippen molar-refractivity contribution in [2.75, 3.05) is 13.1 Å². The van der Waals surface area contributed by atoms with E-state index in [2.05, 4.69) is 17.6 Å². The highest BCUT2D eigenvalue weighted by atomic mass is 16.5. The molecule has 2 rings (SSSR count). The lowest BCUT2D eigenvalue weighted by Crippen LogP contribution is -2.44. The Morgan fingerprint density at radius 2 is 2.20 bits per heavy atom. The first-order valence-electron chi connectivity index (χ1n) is 7.38. The Hall–Kier alpha value is -1.55. The summed E-state index contributed by atoms with van der Waals surface area (Å²) in [5.74, 6) is 1.13. The van der Waals surface area contributed by atoms with Crippen molar-refractivity contribution in [3.8, 4) is 5.75 Å². The quantitative estimate of drug-likeness (QED) is 0.864. The third-order valence-electron chi connectivity index (χ3n) is 3.64. The lowest BCUT2D eigenvalue weighted by molar-refractivity contribution is -0.126. The van der Waals surface area contributed by atoms with Gasteiger partial charge in [0.2, 0.25) is 5.91 Å². The Balaban J connectivity index is 1.72. The van der Waals surface area contributed by atoms with Gasteiger partial charge in [-0.3, -0.25) is 4.79 Å². The molecule has 1 heterocycles. The van der Waals surface area contributed by atoms with E-state index < -0.39 is 0 Å². The zero-order valence-corrected chi connectivity index (χ0v) is 12.3. The average molecular weight is 276 g/mol. The SMILES string of the molecule is CC(CNC(=O)[C@H]1CCN[C@@H](C)C1)Oc1ccccc1. The Labute approximate surface area is 120 Å². The van der Waals surface area contributed by atoms with Gasteiger partial charge in [0, 0.05) is 12.0 Å². The molecule has 1 aromatic rings. The number of carbonyl (C=O) groups excluding carboxylic acids is 1. The first kappa shape index (κ1) is 14.9. The topological polar surface area (TPSA) is 50.4 Å². The van der Waals surface area contributed by atoms with Gasteiger partial charge in [0.05, 0.1) is 6.54 Å². The van der Waals surface area contributed by atoms with Crippen LogP contribution in [0.25, 0.3) is 0 Å². The number of benzene rings is 1. The van der Waals surface area contributed by atoms with E-state index in [1.165, 1.54) is 0 Å². The summed E-state index contributed by atoms with van der Waals surface area (Å²) in [5, 5.41) is 6.36. The molecule has 4 heteroatoms. The lowest BCUT2D eigenvalue weighted by atomic mass is 9.92. The zero-order valence-electron chi connectivity index (χ0n) is 12.3. The predicted octanol–water partition coefficient (Wildman–Crippen LogP) is 1.96. The van der Waals surface area contributed by atoms with Crippen molar-refractivity contribution in [2.24, 2.45) is 5.92 Å². The van der Waals surface area contributed by atoms with Crippen molar-refractivity contribution in [3.63, 3.8) is 0 Å². The fourth-order valence-corrected chi connectivity index (χ4v) is 2.53. The third-order valence-corrected chi connectivity index (χ3v) is 3.64. The molecule has 0 bridgehead atoms. The molecular formula is C16H24N2O2. The summed E-state index contributed by atoms with van der Waals surface area (Å²) in [6.07, 6.45) is 1.81. The summed E-state index contributed by atoms with van der Waals surface area (Å²) in [7, 11) is 0. The van der Waals surface area contributed by atoms with Crippen LogP contribution in [0.1, 0.15) is 26.7 Å². The van der Waals surface area contributed by atoms with Gasteiger partial charge < -0.3 is 15.4 Å². The zero-order chi connectivity index (χ0) is 14.4. The van der Waals surface area contributed by atoms with Crippen LogP contribution in [0.5, 0.6) is 5.75 Å². The highest BCUT2D eigenvalue weighted by Gasteiger charge is 2.24. The largest absolute Gasteiger partial charge is 0.489 e. The molecule has 110 valence electrons. The van der Waals surface area contributed by atoms with Crippen LogP contribution < -0.4 is 15.4 Å². The van der Waals surface area contributed by atoms with Gasteiger partial charge in [-0.2, -0.15) is 0 Å². The second-order valence-electron chi connectivity index (χ2n) is 5.56. The maximum Gasteiger partial charge on any atom is 0.223 e. The molecule has 1 amide bonds. The standard InChI is InChI=1S/C16H24N2O2/c1-12-10-14(8-9-17-12)16(19)18-11-13(2)20-15-6-4-3-5-7-15/h3-7,12-14,17H,8-11H2,1-2H3,(H,18,19)/t12-,13?,14-/m0/s1. The van der Waals surface area contributed by atoms with Crippen molar-refractivity contribution >= 4 is 5.91 Å². The van der Waals surface area contributed by atoms with Crippen LogP contribution in [-0.2, 0) is 4.79 Å². The number of para-hydroxylation sites is 1. The van der Waals surface area contributed by atoms with E-state index in [4.69, 9.17) is 4.74 Å². The molecule has 0 aromatic heterocycles.